The fraction of sp³-hybridized carbons (Fsp3) is 0.438. The van der Waals surface area contributed by atoms with E-state index in [0.717, 1.165) is 47.0 Å². The van der Waals surface area contributed by atoms with Crippen molar-refractivity contribution in [2.24, 2.45) is 0 Å². The van der Waals surface area contributed by atoms with E-state index in [9.17, 15) is 0 Å². The summed E-state index contributed by atoms with van der Waals surface area (Å²) in [5.74, 6) is 0.690. The number of hydrogen-bond acceptors (Lipinski definition) is 7. The van der Waals surface area contributed by atoms with Gasteiger partial charge in [-0.1, -0.05) is 23.9 Å². The first-order valence-electron chi connectivity index (χ1n) is 8.02. The normalized spacial score (nSPS) is 17.6. The molecule has 124 valence electrons. The number of para-hydroxylation sites is 2. The maximum absolute atomic E-state index is 5.66. The molecular weight excluding hydrogens is 324 g/mol. The van der Waals surface area contributed by atoms with Gasteiger partial charge < -0.3 is 4.74 Å². The van der Waals surface area contributed by atoms with Crippen LogP contribution in [0.4, 0.5) is 0 Å². The summed E-state index contributed by atoms with van der Waals surface area (Å²) in [6.45, 7) is 3.53. The number of thioether (sulfide) groups is 1. The highest BCUT2D eigenvalue weighted by Crippen LogP contribution is 2.23. The summed E-state index contributed by atoms with van der Waals surface area (Å²) >= 11 is 1.58. The largest absolute Gasteiger partial charge is 0.376 e. The zero-order valence-electron chi connectivity index (χ0n) is 13.4. The lowest BCUT2D eigenvalue weighted by Gasteiger charge is -2.10. The van der Waals surface area contributed by atoms with Crippen molar-refractivity contribution in [3.8, 4) is 0 Å². The molecule has 0 aliphatic carbocycles. The van der Waals surface area contributed by atoms with Crippen LogP contribution >= 0.6 is 11.8 Å². The zero-order chi connectivity index (χ0) is 16.4. The van der Waals surface area contributed by atoms with Gasteiger partial charge in [0.2, 0.25) is 5.16 Å². The van der Waals surface area contributed by atoms with Gasteiger partial charge in [0.1, 0.15) is 0 Å². The van der Waals surface area contributed by atoms with Gasteiger partial charge >= 0.3 is 0 Å². The Balaban J connectivity index is 1.49. The molecule has 0 unspecified atom stereocenters. The van der Waals surface area contributed by atoms with Crippen molar-refractivity contribution in [3.05, 3.63) is 35.7 Å². The van der Waals surface area contributed by atoms with Crippen LogP contribution in [0.2, 0.25) is 0 Å². The van der Waals surface area contributed by atoms with Crippen molar-refractivity contribution in [2.45, 2.75) is 43.3 Å². The number of fused-ring (bicyclic) bond motifs is 1. The number of rotatable bonds is 5. The van der Waals surface area contributed by atoms with Gasteiger partial charge in [0.15, 0.2) is 0 Å². The average molecular weight is 342 g/mol. The lowest BCUT2D eigenvalue weighted by atomic mass is 10.2. The number of ether oxygens (including phenoxy) is 1. The van der Waals surface area contributed by atoms with E-state index in [1.807, 2.05) is 35.9 Å². The van der Waals surface area contributed by atoms with Gasteiger partial charge in [-0.15, -0.1) is 5.10 Å². The van der Waals surface area contributed by atoms with Crippen LogP contribution in [0.5, 0.6) is 0 Å². The van der Waals surface area contributed by atoms with Gasteiger partial charge in [-0.25, -0.2) is 14.6 Å². The lowest BCUT2D eigenvalue weighted by molar-refractivity contribution is 0.0912. The summed E-state index contributed by atoms with van der Waals surface area (Å²) in [6.07, 6.45) is 2.40. The van der Waals surface area contributed by atoms with E-state index in [1.165, 1.54) is 0 Å². The standard InChI is InChI=1S/C16H18N6OS/c1-11-15(18-14-7-3-2-6-13(14)17-11)10-24-16-19-20-21-22(16)9-12-5-4-8-23-12/h2-3,6-7,12H,4-5,8-10H2,1H3/t12-/m1/s1. The molecule has 1 aliphatic heterocycles. The molecule has 0 radical (unpaired) electrons. The van der Waals surface area contributed by atoms with Crippen LogP contribution in [0, 0.1) is 6.92 Å². The summed E-state index contributed by atoms with van der Waals surface area (Å²) in [4.78, 5) is 9.35. The molecule has 0 bridgehead atoms. The molecule has 0 spiro atoms. The van der Waals surface area contributed by atoms with Crippen LogP contribution in [0.15, 0.2) is 29.4 Å². The maximum atomic E-state index is 5.66. The van der Waals surface area contributed by atoms with E-state index < -0.39 is 0 Å². The second-order valence-electron chi connectivity index (χ2n) is 5.81. The number of tetrazole rings is 1. The maximum Gasteiger partial charge on any atom is 0.209 e. The Labute approximate surface area is 143 Å². The Hall–Kier alpha value is -2.06. The number of nitrogens with zero attached hydrogens (tertiary/aromatic N) is 6. The fourth-order valence-corrected chi connectivity index (χ4v) is 3.68. The SMILES string of the molecule is Cc1nc2ccccc2nc1CSc1nnnn1C[C@H]1CCCO1. The molecule has 24 heavy (non-hydrogen) atoms. The minimum Gasteiger partial charge on any atom is -0.376 e. The fourth-order valence-electron chi connectivity index (χ4n) is 2.79. The van der Waals surface area contributed by atoms with Crippen molar-refractivity contribution < 1.29 is 4.74 Å². The first kappa shape index (κ1) is 15.5. The molecule has 0 N–H and O–H groups in total. The van der Waals surface area contributed by atoms with Crippen molar-refractivity contribution in [1.82, 2.24) is 30.2 Å². The third-order valence-corrected chi connectivity index (χ3v) is 5.05. The van der Waals surface area contributed by atoms with Crippen LogP contribution in [-0.4, -0.2) is 42.9 Å². The van der Waals surface area contributed by atoms with E-state index in [-0.39, 0.29) is 6.10 Å². The molecule has 1 fully saturated rings. The highest BCUT2D eigenvalue weighted by molar-refractivity contribution is 7.98. The van der Waals surface area contributed by atoms with Gasteiger partial charge in [0.05, 0.1) is 35.1 Å². The van der Waals surface area contributed by atoms with Crippen LogP contribution in [0.3, 0.4) is 0 Å². The molecule has 4 rings (SSSR count). The predicted molar refractivity (Wildman–Crippen MR) is 90.6 cm³/mol. The van der Waals surface area contributed by atoms with E-state index in [1.54, 1.807) is 11.8 Å². The number of aromatic nitrogens is 6. The molecule has 1 aromatic carbocycles. The monoisotopic (exact) mass is 342 g/mol. The van der Waals surface area contributed by atoms with E-state index in [4.69, 9.17) is 9.72 Å². The molecule has 0 saturated carbocycles. The molecule has 0 amide bonds. The smallest absolute Gasteiger partial charge is 0.209 e. The summed E-state index contributed by atoms with van der Waals surface area (Å²) < 4.78 is 7.49. The quantitative estimate of drug-likeness (QED) is 0.659. The molecule has 1 aliphatic rings. The summed E-state index contributed by atoms with van der Waals surface area (Å²) in [6, 6.07) is 7.92. The van der Waals surface area contributed by atoms with Gasteiger partial charge in [-0.2, -0.15) is 0 Å². The van der Waals surface area contributed by atoms with Gasteiger partial charge in [-0.05, 0) is 42.3 Å². The molecule has 2 aromatic heterocycles. The molecule has 8 heteroatoms. The van der Waals surface area contributed by atoms with Crippen LogP contribution in [0.25, 0.3) is 11.0 Å². The van der Waals surface area contributed by atoms with Crippen LogP contribution in [0.1, 0.15) is 24.2 Å². The molecule has 3 aromatic rings. The Bertz CT molecular complexity index is 845. The highest BCUT2D eigenvalue weighted by atomic mass is 32.2. The molecule has 7 nitrogen and oxygen atoms in total. The van der Waals surface area contributed by atoms with Crippen molar-refractivity contribution in [2.75, 3.05) is 6.61 Å². The van der Waals surface area contributed by atoms with Gasteiger partial charge in [-0.3, -0.25) is 0 Å². The first-order valence-corrected chi connectivity index (χ1v) is 9.01. The second-order valence-corrected chi connectivity index (χ2v) is 6.75. The minimum atomic E-state index is 0.218. The second kappa shape index (κ2) is 6.82. The summed E-state index contributed by atoms with van der Waals surface area (Å²) in [7, 11) is 0. The van der Waals surface area contributed by atoms with Crippen molar-refractivity contribution in [3.63, 3.8) is 0 Å². The first-order chi connectivity index (χ1) is 11.8. The van der Waals surface area contributed by atoms with E-state index >= 15 is 0 Å². The van der Waals surface area contributed by atoms with Crippen molar-refractivity contribution >= 4 is 22.8 Å². The molecule has 1 saturated heterocycles. The molecular formula is C16H18N6OS. The number of aryl methyl sites for hydroxylation is 1. The third kappa shape index (κ3) is 3.25. The van der Waals surface area contributed by atoms with Gasteiger partial charge in [0, 0.05) is 12.4 Å². The van der Waals surface area contributed by atoms with Crippen molar-refractivity contribution in [1.29, 1.82) is 0 Å². The van der Waals surface area contributed by atoms with Gasteiger partial charge in [0.25, 0.3) is 0 Å². The summed E-state index contributed by atoms with van der Waals surface area (Å²) in [5, 5.41) is 12.8. The third-order valence-electron chi connectivity index (χ3n) is 4.08. The van der Waals surface area contributed by atoms with E-state index in [2.05, 4.69) is 20.5 Å². The van der Waals surface area contributed by atoms with E-state index in [0.29, 0.717) is 12.3 Å². The Morgan fingerprint density at radius 1 is 1.25 bits per heavy atom. The number of benzene rings is 1. The minimum absolute atomic E-state index is 0.218. The van der Waals surface area contributed by atoms with Crippen LogP contribution < -0.4 is 0 Å². The Kier molecular flexibility index (Phi) is 4.40. The molecule has 3 heterocycles. The molecule has 1 atom stereocenters. The Morgan fingerprint density at radius 2 is 2.08 bits per heavy atom. The average Bonchev–Trinajstić information content (AvgIpc) is 3.25. The number of hydrogen-bond donors (Lipinski definition) is 0. The topological polar surface area (TPSA) is 78.6 Å². The summed E-state index contributed by atoms with van der Waals surface area (Å²) in [5.41, 5.74) is 3.74. The lowest BCUT2D eigenvalue weighted by Crippen LogP contribution is -2.16. The Morgan fingerprint density at radius 3 is 2.88 bits per heavy atom. The van der Waals surface area contributed by atoms with Crippen LogP contribution in [-0.2, 0) is 17.0 Å². The zero-order valence-corrected chi connectivity index (χ0v) is 14.2. The predicted octanol–water partition coefficient (Wildman–Crippen LogP) is 2.40. The highest BCUT2D eigenvalue weighted by Gasteiger charge is 2.19.